The number of rotatable bonds is 4. The van der Waals surface area contributed by atoms with Gasteiger partial charge in [0, 0.05) is 26.1 Å². The predicted octanol–water partition coefficient (Wildman–Crippen LogP) is 2.02. The van der Waals surface area contributed by atoms with Gasteiger partial charge in [0.1, 0.15) is 0 Å². The average molecular weight is 226 g/mol. The van der Waals surface area contributed by atoms with Gasteiger partial charge in [-0.1, -0.05) is 20.8 Å². The molecule has 0 saturated carbocycles. The Bertz CT molecular complexity index is 227. The zero-order chi connectivity index (χ0) is 12.2. The van der Waals surface area contributed by atoms with Crippen molar-refractivity contribution in [2.75, 3.05) is 20.1 Å². The van der Waals surface area contributed by atoms with Crippen molar-refractivity contribution >= 4 is 5.91 Å². The van der Waals surface area contributed by atoms with Gasteiger partial charge in [0.05, 0.1) is 0 Å². The largest absolute Gasteiger partial charge is 0.345 e. The van der Waals surface area contributed by atoms with Crippen LogP contribution in [0.1, 0.15) is 46.5 Å². The van der Waals surface area contributed by atoms with E-state index in [9.17, 15) is 4.79 Å². The molecule has 0 aliphatic carbocycles. The first kappa shape index (κ1) is 13.5. The zero-order valence-electron chi connectivity index (χ0n) is 11.2. The van der Waals surface area contributed by atoms with Crippen LogP contribution in [0.25, 0.3) is 0 Å². The first-order chi connectivity index (χ1) is 7.38. The summed E-state index contributed by atoms with van der Waals surface area (Å²) in [6.07, 6.45) is 4.17. The van der Waals surface area contributed by atoms with Crippen LogP contribution >= 0.6 is 0 Å². The van der Waals surface area contributed by atoms with Gasteiger partial charge in [-0.2, -0.15) is 0 Å². The van der Waals surface area contributed by atoms with E-state index in [1.807, 2.05) is 11.9 Å². The molecule has 0 aromatic heterocycles. The third-order valence-electron chi connectivity index (χ3n) is 3.01. The maximum Gasteiger partial charge on any atom is 0.222 e. The molecule has 1 saturated heterocycles. The van der Waals surface area contributed by atoms with Crippen LogP contribution in [0.2, 0.25) is 0 Å². The predicted molar refractivity (Wildman–Crippen MR) is 67.4 cm³/mol. The lowest BCUT2D eigenvalue weighted by atomic mass is 9.96. The second-order valence-electron chi connectivity index (χ2n) is 6.14. The van der Waals surface area contributed by atoms with E-state index >= 15 is 0 Å². The van der Waals surface area contributed by atoms with Crippen molar-refractivity contribution < 1.29 is 4.79 Å². The van der Waals surface area contributed by atoms with Crippen molar-refractivity contribution in [3.63, 3.8) is 0 Å². The Hall–Kier alpha value is -0.570. The van der Waals surface area contributed by atoms with Crippen LogP contribution in [-0.2, 0) is 4.79 Å². The van der Waals surface area contributed by atoms with Crippen molar-refractivity contribution in [3.05, 3.63) is 0 Å². The van der Waals surface area contributed by atoms with Gasteiger partial charge < -0.3 is 10.2 Å². The molecular formula is C13H26N2O. The zero-order valence-corrected chi connectivity index (χ0v) is 11.2. The first-order valence-electron chi connectivity index (χ1n) is 6.36. The Labute approximate surface area is 99.6 Å². The summed E-state index contributed by atoms with van der Waals surface area (Å²) >= 11 is 0. The van der Waals surface area contributed by atoms with E-state index in [-0.39, 0.29) is 11.3 Å². The Morgan fingerprint density at radius 2 is 2.12 bits per heavy atom. The highest BCUT2D eigenvalue weighted by Crippen LogP contribution is 2.16. The van der Waals surface area contributed by atoms with Gasteiger partial charge in [0.2, 0.25) is 5.91 Å². The van der Waals surface area contributed by atoms with E-state index < -0.39 is 0 Å². The molecule has 1 unspecified atom stereocenters. The summed E-state index contributed by atoms with van der Waals surface area (Å²) in [6.45, 7) is 8.44. The summed E-state index contributed by atoms with van der Waals surface area (Å²) in [5, 5.41) is 3.43. The molecule has 1 rings (SSSR count). The Morgan fingerprint density at radius 1 is 1.44 bits per heavy atom. The lowest BCUT2D eigenvalue weighted by Gasteiger charge is -2.27. The summed E-state index contributed by atoms with van der Waals surface area (Å²) < 4.78 is 0. The second kappa shape index (κ2) is 5.67. The van der Waals surface area contributed by atoms with Crippen LogP contribution in [0.4, 0.5) is 0 Å². The quantitative estimate of drug-likeness (QED) is 0.795. The highest BCUT2D eigenvalue weighted by Gasteiger charge is 2.20. The van der Waals surface area contributed by atoms with Crippen molar-refractivity contribution in [2.45, 2.75) is 52.5 Å². The fourth-order valence-corrected chi connectivity index (χ4v) is 2.29. The van der Waals surface area contributed by atoms with Gasteiger partial charge in [0.15, 0.2) is 0 Å². The maximum absolute atomic E-state index is 11.9. The Morgan fingerprint density at radius 3 is 2.62 bits per heavy atom. The monoisotopic (exact) mass is 226 g/mol. The molecule has 0 radical (unpaired) electrons. The lowest BCUT2D eigenvalue weighted by Crippen LogP contribution is -2.35. The lowest BCUT2D eigenvalue weighted by molar-refractivity contribution is -0.131. The van der Waals surface area contributed by atoms with E-state index in [1.165, 1.54) is 12.8 Å². The summed E-state index contributed by atoms with van der Waals surface area (Å²) in [6, 6.07) is 0.576. The number of hydrogen-bond donors (Lipinski definition) is 1. The van der Waals surface area contributed by atoms with Crippen molar-refractivity contribution in [1.82, 2.24) is 10.2 Å². The van der Waals surface area contributed by atoms with Crippen molar-refractivity contribution in [3.8, 4) is 0 Å². The molecular weight excluding hydrogens is 200 g/mol. The number of nitrogens with one attached hydrogen (secondary N) is 1. The van der Waals surface area contributed by atoms with Crippen molar-refractivity contribution in [2.24, 2.45) is 5.41 Å². The van der Waals surface area contributed by atoms with Gasteiger partial charge in [-0.15, -0.1) is 0 Å². The maximum atomic E-state index is 11.9. The minimum Gasteiger partial charge on any atom is -0.345 e. The molecule has 1 N–H and O–H groups in total. The van der Waals surface area contributed by atoms with Crippen LogP contribution in [0, 0.1) is 5.41 Å². The molecule has 0 aromatic carbocycles. The molecule has 1 amide bonds. The van der Waals surface area contributed by atoms with E-state index in [0.717, 1.165) is 19.5 Å². The number of carbonyl (C=O) groups excluding carboxylic acids is 1. The van der Waals surface area contributed by atoms with E-state index in [0.29, 0.717) is 12.5 Å². The molecule has 0 bridgehead atoms. The van der Waals surface area contributed by atoms with Crippen LogP contribution < -0.4 is 5.32 Å². The van der Waals surface area contributed by atoms with Gasteiger partial charge in [-0.3, -0.25) is 4.79 Å². The van der Waals surface area contributed by atoms with E-state index in [1.54, 1.807) is 0 Å². The minimum absolute atomic E-state index is 0.190. The molecule has 1 heterocycles. The smallest absolute Gasteiger partial charge is 0.222 e. The molecule has 0 aromatic rings. The molecule has 94 valence electrons. The average Bonchev–Trinajstić information content (AvgIpc) is 2.63. The minimum atomic E-state index is 0.190. The second-order valence-corrected chi connectivity index (χ2v) is 6.14. The van der Waals surface area contributed by atoms with E-state index in [4.69, 9.17) is 0 Å². The summed E-state index contributed by atoms with van der Waals surface area (Å²) in [7, 11) is 1.91. The number of amides is 1. The first-order valence-corrected chi connectivity index (χ1v) is 6.36. The SMILES string of the molecule is CN(CC(C)(C)C)C(=O)CCC1CCCN1. The standard InChI is InChI=1S/C13H26N2O/c1-13(2,3)10-15(4)12(16)8-7-11-6-5-9-14-11/h11,14H,5-10H2,1-4H3. The topological polar surface area (TPSA) is 32.3 Å². The Balaban J connectivity index is 2.23. The van der Waals surface area contributed by atoms with Crippen LogP contribution in [0.15, 0.2) is 0 Å². The highest BCUT2D eigenvalue weighted by molar-refractivity contribution is 5.75. The summed E-state index contributed by atoms with van der Waals surface area (Å²) in [5.74, 6) is 0.281. The van der Waals surface area contributed by atoms with Gasteiger partial charge in [-0.05, 0) is 31.2 Å². The van der Waals surface area contributed by atoms with Crippen LogP contribution in [0.3, 0.4) is 0 Å². The Kier molecular flexibility index (Phi) is 4.78. The molecule has 1 aliphatic heterocycles. The molecule has 16 heavy (non-hydrogen) atoms. The molecule has 1 atom stereocenters. The van der Waals surface area contributed by atoms with Crippen molar-refractivity contribution in [1.29, 1.82) is 0 Å². The third-order valence-corrected chi connectivity index (χ3v) is 3.01. The van der Waals surface area contributed by atoms with Crippen LogP contribution in [-0.4, -0.2) is 37.0 Å². The van der Waals surface area contributed by atoms with Gasteiger partial charge in [-0.25, -0.2) is 0 Å². The fourth-order valence-electron chi connectivity index (χ4n) is 2.29. The third kappa shape index (κ3) is 4.97. The van der Waals surface area contributed by atoms with Gasteiger partial charge >= 0.3 is 0 Å². The molecule has 1 aliphatic rings. The molecule has 3 heteroatoms. The number of carbonyl (C=O) groups is 1. The summed E-state index contributed by atoms with van der Waals surface area (Å²) in [5.41, 5.74) is 0.190. The van der Waals surface area contributed by atoms with Gasteiger partial charge in [0.25, 0.3) is 0 Å². The highest BCUT2D eigenvalue weighted by atomic mass is 16.2. The van der Waals surface area contributed by atoms with Crippen LogP contribution in [0.5, 0.6) is 0 Å². The molecule has 3 nitrogen and oxygen atoms in total. The van der Waals surface area contributed by atoms with E-state index in [2.05, 4.69) is 26.1 Å². The molecule has 0 spiro atoms. The number of hydrogen-bond acceptors (Lipinski definition) is 2. The number of nitrogens with zero attached hydrogens (tertiary/aromatic N) is 1. The molecule has 1 fully saturated rings. The normalized spacial score (nSPS) is 21.1. The summed E-state index contributed by atoms with van der Waals surface area (Å²) in [4.78, 5) is 13.7. The fraction of sp³-hybridized carbons (Fsp3) is 0.923.